The average molecular weight is 264 g/mol. The SMILES string of the molecule is O=C(c1cccc2ccsc12)C1CSCCO1. The van der Waals surface area contributed by atoms with Crippen molar-refractivity contribution in [1.82, 2.24) is 0 Å². The third-order valence-electron chi connectivity index (χ3n) is 2.85. The van der Waals surface area contributed by atoms with E-state index < -0.39 is 0 Å². The quantitative estimate of drug-likeness (QED) is 0.779. The van der Waals surface area contributed by atoms with Gasteiger partial charge in [0.1, 0.15) is 6.10 Å². The van der Waals surface area contributed by atoms with Crippen LogP contribution < -0.4 is 0 Å². The van der Waals surface area contributed by atoms with E-state index in [1.165, 1.54) is 0 Å². The number of carbonyl (C=O) groups is 1. The number of hydrogen-bond donors (Lipinski definition) is 0. The molecule has 1 aliphatic rings. The smallest absolute Gasteiger partial charge is 0.193 e. The largest absolute Gasteiger partial charge is 0.368 e. The zero-order valence-corrected chi connectivity index (χ0v) is 10.9. The Morgan fingerprint density at radius 2 is 2.29 bits per heavy atom. The van der Waals surface area contributed by atoms with Crippen LogP contribution in [0.3, 0.4) is 0 Å². The van der Waals surface area contributed by atoms with Gasteiger partial charge in [0.2, 0.25) is 0 Å². The van der Waals surface area contributed by atoms with Crippen molar-refractivity contribution in [3.05, 3.63) is 35.2 Å². The minimum atomic E-state index is -0.263. The molecule has 88 valence electrons. The molecule has 3 rings (SSSR count). The van der Waals surface area contributed by atoms with Crippen molar-refractivity contribution in [3.63, 3.8) is 0 Å². The summed E-state index contributed by atoms with van der Waals surface area (Å²) in [7, 11) is 0. The van der Waals surface area contributed by atoms with E-state index in [4.69, 9.17) is 4.74 Å². The number of fused-ring (bicyclic) bond motifs is 1. The number of thioether (sulfide) groups is 1. The summed E-state index contributed by atoms with van der Waals surface area (Å²) in [5.41, 5.74) is 0.810. The predicted octanol–water partition coefficient (Wildman–Crippen LogP) is 3.22. The maximum atomic E-state index is 12.4. The summed E-state index contributed by atoms with van der Waals surface area (Å²) in [6, 6.07) is 7.94. The van der Waals surface area contributed by atoms with Crippen molar-refractivity contribution in [2.45, 2.75) is 6.10 Å². The minimum Gasteiger partial charge on any atom is -0.368 e. The lowest BCUT2D eigenvalue weighted by atomic mass is 10.1. The Bertz CT molecular complexity index is 541. The van der Waals surface area contributed by atoms with Crippen molar-refractivity contribution in [3.8, 4) is 0 Å². The molecule has 1 saturated heterocycles. The Morgan fingerprint density at radius 3 is 3.12 bits per heavy atom. The summed E-state index contributed by atoms with van der Waals surface area (Å²) in [5.74, 6) is 1.90. The van der Waals surface area contributed by atoms with E-state index in [1.807, 2.05) is 29.6 Å². The van der Waals surface area contributed by atoms with Gasteiger partial charge >= 0.3 is 0 Å². The number of carbonyl (C=O) groups excluding carboxylic acids is 1. The Hall–Kier alpha value is -0.840. The van der Waals surface area contributed by atoms with Gasteiger partial charge in [0.15, 0.2) is 5.78 Å². The fraction of sp³-hybridized carbons (Fsp3) is 0.308. The summed E-state index contributed by atoms with van der Waals surface area (Å²) in [6.07, 6.45) is -0.263. The molecule has 2 nitrogen and oxygen atoms in total. The number of hydrogen-bond acceptors (Lipinski definition) is 4. The van der Waals surface area contributed by atoms with Crippen molar-refractivity contribution >= 4 is 39.0 Å². The number of thiophene rings is 1. The second kappa shape index (κ2) is 4.80. The van der Waals surface area contributed by atoms with E-state index in [2.05, 4.69) is 0 Å². The monoisotopic (exact) mass is 264 g/mol. The Kier molecular flexibility index (Phi) is 3.18. The molecule has 1 aromatic heterocycles. The van der Waals surface area contributed by atoms with Gasteiger partial charge in [-0.1, -0.05) is 12.1 Å². The molecule has 2 heterocycles. The minimum absolute atomic E-state index is 0.130. The van der Waals surface area contributed by atoms with Crippen LogP contribution in [-0.2, 0) is 4.74 Å². The van der Waals surface area contributed by atoms with Crippen molar-refractivity contribution < 1.29 is 9.53 Å². The fourth-order valence-corrected chi connectivity index (χ4v) is 3.76. The lowest BCUT2D eigenvalue weighted by Gasteiger charge is -2.21. The van der Waals surface area contributed by atoms with Crippen LogP contribution in [0.25, 0.3) is 10.1 Å². The standard InChI is InChI=1S/C13H12O2S2/c14-12(11-8-16-7-5-15-11)10-3-1-2-9-4-6-17-13(9)10/h1-4,6,11H,5,7-8H2. The van der Waals surface area contributed by atoms with Gasteiger partial charge in [0.25, 0.3) is 0 Å². The number of ketones is 1. The first-order valence-corrected chi connectivity index (χ1v) is 7.59. The first kappa shape index (κ1) is 11.3. The highest BCUT2D eigenvalue weighted by Gasteiger charge is 2.25. The average Bonchev–Trinajstić information content (AvgIpc) is 2.87. The van der Waals surface area contributed by atoms with Gasteiger partial charge in [0.05, 0.1) is 6.61 Å². The maximum Gasteiger partial charge on any atom is 0.193 e. The van der Waals surface area contributed by atoms with Gasteiger partial charge in [-0.2, -0.15) is 11.8 Å². The molecule has 0 amide bonds. The highest BCUT2D eigenvalue weighted by Crippen LogP contribution is 2.27. The first-order valence-electron chi connectivity index (χ1n) is 5.56. The molecule has 1 aliphatic heterocycles. The number of ether oxygens (including phenoxy) is 1. The van der Waals surface area contributed by atoms with Crippen LogP contribution in [0.15, 0.2) is 29.6 Å². The molecular weight excluding hydrogens is 252 g/mol. The van der Waals surface area contributed by atoms with Crippen LogP contribution in [0.2, 0.25) is 0 Å². The van der Waals surface area contributed by atoms with Gasteiger partial charge in [-0.15, -0.1) is 11.3 Å². The predicted molar refractivity (Wildman–Crippen MR) is 73.2 cm³/mol. The Morgan fingerprint density at radius 1 is 1.35 bits per heavy atom. The molecule has 17 heavy (non-hydrogen) atoms. The van der Waals surface area contributed by atoms with Crippen molar-refractivity contribution in [2.75, 3.05) is 18.1 Å². The molecule has 0 radical (unpaired) electrons. The highest BCUT2D eigenvalue weighted by molar-refractivity contribution is 7.99. The summed E-state index contributed by atoms with van der Waals surface area (Å²) in [4.78, 5) is 12.4. The Balaban J connectivity index is 1.97. The van der Waals surface area contributed by atoms with Crippen LogP contribution in [0.5, 0.6) is 0 Å². The lowest BCUT2D eigenvalue weighted by Crippen LogP contribution is -2.31. The summed E-state index contributed by atoms with van der Waals surface area (Å²) in [6.45, 7) is 0.682. The van der Waals surface area contributed by atoms with Crippen molar-refractivity contribution in [1.29, 1.82) is 0 Å². The molecule has 0 saturated carbocycles. The zero-order chi connectivity index (χ0) is 11.7. The van der Waals surface area contributed by atoms with E-state index in [1.54, 1.807) is 23.1 Å². The number of rotatable bonds is 2. The number of benzene rings is 1. The zero-order valence-electron chi connectivity index (χ0n) is 9.22. The highest BCUT2D eigenvalue weighted by atomic mass is 32.2. The van der Waals surface area contributed by atoms with Gasteiger partial charge in [0, 0.05) is 21.8 Å². The van der Waals surface area contributed by atoms with Gasteiger partial charge < -0.3 is 4.74 Å². The normalized spacial score (nSPS) is 20.6. The summed E-state index contributed by atoms with van der Waals surface area (Å²) in [5, 5.41) is 3.17. The third-order valence-corrected chi connectivity index (χ3v) is 4.81. The second-order valence-electron chi connectivity index (χ2n) is 3.94. The second-order valence-corrected chi connectivity index (χ2v) is 6.01. The van der Waals surface area contributed by atoms with E-state index in [0.29, 0.717) is 6.61 Å². The molecule has 1 aromatic carbocycles. The van der Waals surface area contributed by atoms with Gasteiger partial charge in [-0.25, -0.2) is 0 Å². The first-order chi connectivity index (χ1) is 8.36. The van der Waals surface area contributed by atoms with E-state index in [0.717, 1.165) is 27.2 Å². The summed E-state index contributed by atoms with van der Waals surface area (Å²) >= 11 is 3.41. The molecule has 1 unspecified atom stereocenters. The third kappa shape index (κ3) is 2.12. The molecule has 2 aromatic rings. The molecule has 4 heteroatoms. The van der Waals surface area contributed by atoms with Crippen molar-refractivity contribution in [2.24, 2.45) is 0 Å². The maximum absolute atomic E-state index is 12.4. The van der Waals surface area contributed by atoms with Crippen LogP contribution >= 0.6 is 23.1 Å². The van der Waals surface area contributed by atoms with E-state index in [9.17, 15) is 4.79 Å². The van der Waals surface area contributed by atoms with Gasteiger partial charge in [-0.3, -0.25) is 4.79 Å². The fourth-order valence-electron chi connectivity index (χ4n) is 2.00. The Labute approximate surface area is 108 Å². The molecule has 1 atom stereocenters. The van der Waals surface area contributed by atoms with Crippen LogP contribution in [0, 0.1) is 0 Å². The lowest BCUT2D eigenvalue weighted by molar-refractivity contribution is 0.0520. The molecule has 0 bridgehead atoms. The molecule has 1 fully saturated rings. The van der Waals surface area contributed by atoms with Crippen LogP contribution in [0.1, 0.15) is 10.4 Å². The van der Waals surface area contributed by atoms with E-state index >= 15 is 0 Å². The topological polar surface area (TPSA) is 26.3 Å². The molecule has 0 N–H and O–H groups in total. The number of Topliss-reactive ketones (excluding diaryl/α,β-unsaturated/α-hetero) is 1. The van der Waals surface area contributed by atoms with Crippen LogP contribution in [-0.4, -0.2) is 30.0 Å². The van der Waals surface area contributed by atoms with E-state index in [-0.39, 0.29) is 11.9 Å². The molecular formula is C13H12O2S2. The summed E-state index contributed by atoms with van der Waals surface area (Å²) < 4.78 is 6.63. The van der Waals surface area contributed by atoms with Crippen LogP contribution in [0.4, 0.5) is 0 Å². The molecule has 0 spiro atoms. The van der Waals surface area contributed by atoms with Gasteiger partial charge in [-0.05, 0) is 22.9 Å². The molecule has 0 aliphatic carbocycles.